The van der Waals surface area contributed by atoms with Gasteiger partial charge in [-0.2, -0.15) is 8.42 Å². The maximum Gasteiger partial charge on any atom is 0.295 e. The van der Waals surface area contributed by atoms with Gasteiger partial charge >= 0.3 is 0 Å². The van der Waals surface area contributed by atoms with Gasteiger partial charge in [0.2, 0.25) is 0 Å². The van der Waals surface area contributed by atoms with Gasteiger partial charge in [-0.25, -0.2) is 0 Å². The summed E-state index contributed by atoms with van der Waals surface area (Å²) in [5, 5.41) is 9.94. The van der Waals surface area contributed by atoms with Gasteiger partial charge in [0, 0.05) is 24.5 Å². The lowest BCUT2D eigenvalue weighted by atomic mass is 10.0. The number of aryl methyl sites for hydroxylation is 1. The molecule has 122 valence electrons. The Morgan fingerprint density at radius 2 is 1.57 bits per heavy atom. The van der Waals surface area contributed by atoms with E-state index in [0.29, 0.717) is 5.56 Å². The standard InChI is InChI=1S/C11H9N3O7S2/c1-6-2-3-10(23(19,20)21)8-4-7(5-9(15)11(6)8)22(12-16,13-17)14-18/h2-5,15H,1H3,(H,19,20,21). The number of phenolic OH excluding ortho intramolecular Hbond substituents is 1. The number of nitroso groups, excluding NO2 is 3. The Morgan fingerprint density at radius 3 is 2.04 bits per heavy atom. The first-order chi connectivity index (χ1) is 10.7. The van der Waals surface area contributed by atoms with Crippen molar-refractivity contribution in [2.45, 2.75) is 16.7 Å². The molecule has 12 heteroatoms. The van der Waals surface area contributed by atoms with E-state index in [9.17, 15) is 32.8 Å². The zero-order valence-corrected chi connectivity index (χ0v) is 13.0. The van der Waals surface area contributed by atoms with Crippen LogP contribution >= 0.6 is 10.6 Å². The summed E-state index contributed by atoms with van der Waals surface area (Å²) in [7, 11) is -8.58. The predicted molar refractivity (Wildman–Crippen MR) is 83.4 cm³/mol. The molecule has 23 heavy (non-hydrogen) atoms. The van der Waals surface area contributed by atoms with Gasteiger partial charge in [-0.15, -0.1) is 14.7 Å². The van der Waals surface area contributed by atoms with Crippen molar-refractivity contribution < 1.29 is 18.1 Å². The number of hydrogen-bond donors (Lipinski definition) is 2. The van der Waals surface area contributed by atoms with Gasteiger partial charge in [-0.3, -0.25) is 4.55 Å². The fourth-order valence-corrected chi connectivity index (χ4v) is 3.70. The molecular weight excluding hydrogens is 350 g/mol. The smallest absolute Gasteiger partial charge is 0.295 e. The van der Waals surface area contributed by atoms with Crippen LogP contribution in [0.4, 0.5) is 0 Å². The zero-order valence-electron chi connectivity index (χ0n) is 11.4. The van der Waals surface area contributed by atoms with Crippen LogP contribution in [0.5, 0.6) is 5.75 Å². The lowest BCUT2D eigenvalue weighted by molar-refractivity contribution is 0.479. The Kier molecular flexibility index (Phi) is 4.15. The third kappa shape index (κ3) is 2.67. The van der Waals surface area contributed by atoms with Gasteiger partial charge in [-0.05, 0) is 30.7 Å². The highest BCUT2D eigenvalue weighted by atomic mass is 32.3. The lowest BCUT2D eigenvalue weighted by Gasteiger charge is -2.17. The molecule has 2 aromatic carbocycles. The van der Waals surface area contributed by atoms with Crippen LogP contribution in [0.15, 0.2) is 47.8 Å². The van der Waals surface area contributed by atoms with Crippen molar-refractivity contribution in [1.82, 2.24) is 0 Å². The van der Waals surface area contributed by atoms with Crippen LogP contribution in [0.2, 0.25) is 0 Å². The van der Waals surface area contributed by atoms with Crippen molar-refractivity contribution in [3.63, 3.8) is 0 Å². The minimum Gasteiger partial charge on any atom is -0.507 e. The quantitative estimate of drug-likeness (QED) is 0.610. The monoisotopic (exact) mass is 359 g/mol. The maximum atomic E-state index is 11.5. The number of phenols is 1. The average molecular weight is 359 g/mol. The van der Waals surface area contributed by atoms with Crippen LogP contribution in [0.1, 0.15) is 5.56 Å². The average Bonchev–Trinajstić information content (AvgIpc) is 2.48. The summed E-state index contributed by atoms with van der Waals surface area (Å²) in [6.07, 6.45) is 0. The molecule has 2 aromatic rings. The van der Waals surface area contributed by atoms with E-state index in [4.69, 9.17) is 0 Å². The van der Waals surface area contributed by atoms with Crippen molar-refractivity contribution >= 4 is 31.5 Å². The van der Waals surface area contributed by atoms with E-state index in [1.165, 1.54) is 6.07 Å². The molecule has 0 aromatic heterocycles. The van der Waals surface area contributed by atoms with Crippen molar-refractivity contribution in [3.05, 3.63) is 44.6 Å². The molecule has 0 radical (unpaired) electrons. The van der Waals surface area contributed by atoms with E-state index >= 15 is 0 Å². The second-order valence-electron chi connectivity index (χ2n) is 4.46. The normalized spacial score (nSPS) is 12.8. The number of hydrogen-bond acceptors (Lipinski definition) is 9. The van der Waals surface area contributed by atoms with Gasteiger partial charge < -0.3 is 5.11 Å². The van der Waals surface area contributed by atoms with Gasteiger partial charge in [0.15, 0.2) is 10.6 Å². The fourth-order valence-electron chi connectivity index (χ4n) is 2.14. The van der Waals surface area contributed by atoms with Gasteiger partial charge in [0.1, 0.15) is 10.6 Å². The number of nitrogens with zero attached hydrogens (tertiary/aromatic N) is 3. The highest BCUT2D eigenvalue weighted by molar-refractivity contribution is 8.30. The molecule has 10 nitrogen and oxygen atoms in total. The Morgan fingerprint density at radius 1 is 1.00 bits per heavy atom. The molecule has 0 spiro atoms. The zero-order chi connectivity index (χ0) is 17.4. The van der Waals surface area contributed by atoms with E-state index in [0.717, 1.165) is 18.2 Å². The summed E-state index contributed by atoms with van der Waals surface area (Å²) in [6, 6.07) is 4.27. The number of aromatic hydroxyl groups is 1. The van der Waals surface area contributed by atoms with Gasteiger partial charge in [0.05, 0.1) is 4.90 Å². The van der Waals surface area contributed by atoms with Gasteiger partial charge in [0.25, 0.3) is 10.1 Å². The van der Waals surface area contributed by atoms with E-state index in [-0.39, 0.29) is 10.8 Å². The second-order valence-corrected chi connectivity index (χ2v) is 7.81. The molecule has 0 bridgehead atoms. The summed E-state index contributed by atoms with van der Waals surface area (Å²) in [6.45, 7) is 1.56. The first-order valence-corrected chi connectivity index (χ1v) is 8.75. The minimum atomic E-state index is -4.67. The highest BCUT2D eigenvalue weighted by Gasteiger charge is 2.33. The maximum absolute atomic E-state index is 11.5. The molecule has 0 aliphatic carbocycles. The largest absolute Gasteiger partial charge is 0.507 e. The molecular formula is C11H9N3O7S2. The van der Waals surface area contributed by atoms with E-state index in [2.05, 4.69) is 13.7 Å². The summed E-state index contributed by atoms with van der Waals surface area (Å²) >= 11 is 0. The Balaban J connectivity index is 3.03. The molecule has 0 saturated carbocycles. The van der Waals surface area contributed by atoms with Crippen LogP contribution < -0.4 is 0 Å². The lowest BCUT2D eigenvalue weighted by Crippen LogP contribution is -2.01. The molecule has 0 saturated heterocycles. The SMILES string of the molecule is Cc1ccc(S(=O)(=O)O)c2cc(S(N=O)(N=O)N=O)cc(O)c12. The molecule has 0 aliphatic heterocycles. The molecule has 0 unspecified atom stereocenters. The Bertz CT molecular complexity index is 921. The minimum absolute atomic E-state index is 0.0554. The summed E-state index contributed by atoms with van der Waals surface area (Å²) in [5.74, 6) is -0.520. The van der Waals surface area contributed by atoms with E-state index < -0.39 is 36.2 Å². The molecule has 0 heterocycles. The van der Waals surface area contributed by atoms with Crippen LogP contribution in [-0.2, 0) is 10.1 Å². The summed E-state index contributed by atoms with van der Waals surface area (Å²) in [5.41, 5.74) is 0.453. The fraction of sp³-hybridized carbons (Fsp3) is 0.0909. The van der Waals surface area contributed by atoms with E-state index in [1.807, 2.05) is 0 Å². The Hall–Kier alpha value is -2.44. The summed E-state index contributed by atoms with van der Waals surface area (Å²) in [4.78, 5) is 31.5. The Labute approximate surface area is 130 Å². The summed E-state index contributed by atoms with van der Waals surface area (Å²) < 4.78 is 39.2. The molecule has 2 N–H and O–H groups in total. The second kappa shape index (κ2) is 5.64. The molecule has 2 rings (SSSR count). The van der Waals surface area contributed by atoms with E-state index in [1.54, 1.807) is 6.92 Å². The highest BCUT2D eigenvalue weighted by Crippen LogP contribution is 2.60. The first-order valence-electron chi connectivity index (χ1n) is 5.81. The van der Waals surface area contributed by atoms with Crippen molar-refractivity contribution in [1.29, 1.82) is 0 Å². The van der Waals surface area contributed by atoms with Gasteiger partial charge in [-0.1, -0.05) is 6.07 Å². The number of rotatable bonds is 5. The van der Waals surface area contributed by atoms with Crippen molar-refractivity contribution in [2.75, 3.05) is 0 Å². The molecule has 0 fully saturated rings. The predicted octanol–water partition coefficient (Wildman–Crippen LogP) is 3.31. The topological polar surface area (TPSA) is 163 Å². The number of fused-ring (bicyclic) bond motifs is 1. The first kappa shape index (κ1) is 16.9. The number of benzene rings is 2. The van der Waals surface area contributed by atoms with Crippen LogP contribution in [0, 0.1) is 21.6 Å². The molecule has 0 atom stereocenters. The van der Waals surface area contributed by atoms with Crippen molar-refractivity contribution in [2.24, 2.45) is 13.7 Å². The molecule has 0 amide bonds. The third-order valence-corrected chi connectivity index (χ3v) is 5.55. The van der Waals surface area contributed by atoms with Crippen LogP contribution in [-0.4, -0.2) is 18.1 Å². The molecule has 0 aliphatic rings. The third-order valence-electron chi connectivity index (χ3n) is 3.14. The van der Waals surface area contributed by atoms with Crippen LogP contribution in [0.3, 0.4) is 0 Å². The van der Waals surface area contributed by atoms with Crippen LogP contribution in [0.25, 0.3) is 10.8 Å². The van der Waals surface area contributed by atoms with Crippen molar-refractivity contribution in [3.8, 4) is 5.75 Å².